The first-order chi connectivity index (χ1) is 9.06. The lowest BCUT2D eigenvalue weighted by Crippen LogP contribution is -2.43. The monoisotopic (exact) mass is 299 g/mol. The predicted octanol–water partition coefficient (Wildman–Crippen LogP) is 3.82. The fourth-order valence-electron chi connectivity index (χ4n) is 2.93. The molecule has 2 rings (SSSR count). The van der Waals surface area contributed by atoms with E-state index >= 15 is 0 Å². The molecular formula is C14H25N3S2. The molecule has 1 saturated carbocycles. The summed E-state index contributed by atoms with van der Waals surface area (Å²) < 4.78 is 1.11. The van der Waals surface area contributed by atoms with Crippen LogP contribution in [-0.4, -0.2) is 28.5 Å². The van der Waals surface area contributed by atoms with Crippen LogP contribution in [0.4, 0.5) is 0 Å². The van der Waals surface area contributed by atoms with Gasteiger partial charge in [0.05, 0.1) is 0 Å². The van der Waals surface area contributed by atoms with Crippen molar-refractivity contribution in [1.82, 2.24) is 15.5 Å². The van der Waals surface area contributed by atoms with Crippen LogP contribution in [0.3, 0.4) is 0 Å². The molecule has 0 radical (unpaired) electrons. The van der Waals surface area contributed by atoms with Crippen LogP contribution in [0, 0.1) is 11.3 Å². The summed E-state index contributed by atoms with van der Waals surface area (Å²) in [7, 11) is 2.09. The minimum absolute atomic E-state index is 0.457. The zero-order valence-electron chi connectivity index (χ0n) is 12.3. The molecule has 1 heterocycles. The van der Waals surface area contributed by atoms with Gasteiger partial charge in [-0.2, -0.15) is 0 Å². The molecule has 3 nitrogen and oxygen atoms in total. The quantitative estimate of drug-likeness (QED) is 0.897. The predicted molar refractivity (Wildman–Crippen MR) is 83.8 cm³/mol. The van der Waals surface area contributed by atoms with E-state index in [1.54, 1.807) is 11.3 Å². The molecule has 1 aromatic heterocycles. The van der Waals surface area contributed by atoms with E-state index in [4.69, 9.17) is 0 Å². The number of nitrogens with one attached hydrogen (secondary N) is 1. The largest absolute Gasteiger partial charge is 0.316 e. The number of rotatable bonds is 5. The maximum Gasteiger partial charge on any atom is 0.174 e. The van der Waals surface area contributed by atoms with Crippen LogP contribution in [0.2, 0.25) is 0 Å². The third-order valence-electron chi connectivity index (χ3n) is 4.77. The summed E-state index contributed by atoms with van der Waals surface area (Å²) in [5, 5.41) is 12.3. The van der Waals surface area contributed by atoms with Crippen molar-refractivity contribution in [2.45, 2.75) is 62.1 Å². The zero-order chi connectivity index (χ0) is 13.9. The Balaban J connectivity index is 2.04. The van der Waals surface area contributed by atoms with Crippen LogP contribution in [0.15, 0.2) is 9.85 Å². The van der Waals surface area contributed by atoms with Crippen molar-refractivity contribution in [2.24, 2.45) is 11.3 Å². The molecule has 1 aromatic rings. The second kappa shape index (κ2) is 6.55. The Labute approximate surface area is 125 Å². The molecule has 5 heteroatoms. The highest BCUT2D eigenvalue weighted by Crippen LogP contribution is 2.45. The van der Waals surface area contributed by atoms with Crippen molar-refractivity contribution < 1.29 is 0 Å². The van der Waals surface area contributed by atoms with Crippen LogP contribution < -0.4 is 5.32 Å². The highest BCUT2D eigenvalue weighted by atomic mass is 32.2. The average molecular weight is 300 g/mol. The minimum Gasteiger partial charge on any atom is -0.316 e. The maximum atomic E-state index is 4.19. The van der Waals surface area contributed by atoms with Gasteiger partial charge in [-0.15, -0.1) is 10.2 Å². The fourth-order valence-corrected chi connectivity index (χ4v) is 5.05. The molecule has 19 heavy (non-hydrogen) atoms. The topological polar surface area (TPSA) is 37.8 Å². The second-order valence-corrected chi connectivity index (χ2v) is 8.43. The summed E-state index contributed by atoms with van der Waals surface area (Å²) in [5.74, 6) is 0.826. The van der Waals surface area contributed by atoms with E-state index < -0.39 is 0 Å². The van der Waals surface area contributed by atoms with E-state index in [9.17, 15) is 0 Å². The summed E-state index contributed by atoms with van der Waals surface area (Å²) in [5.41, 5.74) is 2.28. The Kier molecular flexibility index (Phi) is 5.26. The van der Waals surface area contributed by atoms with Crippen LogP contribution in [-0.2, 0) is 0 Å². The molecule has 108 valence electrons. The zero-order valence-corrected chi connectivity index (χ0v) is 14.0. The van der Waals surface area contributed by atoms with Crippen molar-refractivity contribution in [2.75, 3.05) is 7.05 Å². The molecule has 0 spiro atoms. The SMILES string of the molecule is CCC(C)(C)C1CCC(NC)C(Sc2nncs2)C1. The van der Waals surface area contributed by atoms with E-state index in [1.807, 2.05) is 17.3 Å². The van der Waals surface area contributed by atoms with E-state index in [0.717, 1.165) is 10.3 Å². The Morgan fingerprint density at radius 2 is 2.26 bits per heavy atom. The van der Waals surface area contributed by atoms with Crippen molar-refractivity contribution in [1.29, 1.82) is 0 Å². The Bertz CT molecular complexity index is 378. The van der Waals surface area contributed by atoms with Crippen LogP contribution in [0.1, 0.15) is 46.5 Å². The van der Waals surface area contributed by atoms with Gasteiger partial charge in [-0.1, -0.05) is 50.3 Å². The Morgan fingerprint density at radius 1 is 1.47 bits per heavy atom. The van der Waals surface area contributed by atoms with Gasteiger partial charge in [-0.25, -0.2) is 0 Å². The lowest BCUT2D eigenvalue weighted by Gasteiger charge is -2.42. The molecule has 3 unspecified atom stereocenters. The lowest BCUT2D eigenvalue weighted by molar-refractivity contribution is 0.142. The maximum absolute atomic E-state index is 4.19. The molecule has 0 aliphatic heterocycles. The smallest absolute Gasteiger partial charge is 0.174 e. The standard InChI is InChI=1S/C14H25N3S2/c1-5-14(2,3)10-6-7-11(15-4)12(8-10)19-13-17-16-9-18-13/h9-12,15H,5-8H2,1-4H3. The van der Waals surface area contributed by atoms with Crippen molar-refractivity contribution in [3.8, 4) is 0 Å². The molecule has 0 aromatic carbocycles. The van der Waals surface area contributed by atoms with Crippen LogP contribution in [0.25, 0.3) is 0 Å². The Hall–Kier alpha value is -0.130. The number of thioether (sulfide) groups is 1. The first-order valence-corrected chi connectivity index (χ1v) is 8.93. The van der Waals surface area contributed by atoms with Crippen LogP contribution in [0.5, 0.6) is 0 Å². The third kappa shape index (κ3) is 3.70. The molecule has 1 N–H and O–H groups in total. The number of nitrogens with zero attached hydrogens (tertiary/aromatic N) is 2. The molecule has 1 aliphatic rings. The van der Waals surface area contributed by atoms with Gasteiger partial charge in [-0.05, 0) is 37.6 Å². The number of aromatic nitrogens is 2. The highest BCUT2D eigenvalue weighted by Gasteiger charge is 2.37. The first-order valence-electron chi connectivity index (χ1n) is 7.17. The van der Waals surface area contributed by atoms with Crippen LogP contribution >= 0.6 is 23.1 Å². The Morgan fingerprint density at radius 3 is 2.84 bits per heavy atom. The molecular weight excluding hydrogens is 274 g/mol. The molecule has 1 fully saturated rings. The van der Waals surface area contributed by atoms with Gasteiger partial charge in [0.15, 0.2) is 4.34 Å². The van der Waals surface area contributed by atoms with Crippen molar-refractivity contribution >= 4 is 23.1 Å². The van der Waals surface area contributed by atoms with Gasteiger partial charge in [0, 0.05) is 11.3 Å². The van der Waals surface area contributed by atoms with Gasteiger partial charge in [-0.3, -0.25) is 0 Å². The summed E-state index contributed by atoms with van der Waals surface area (Å²) in [6.07, 6.45) is 5.18. The number of hydrogen-bond donors (Lipinski definition) is 1. The molecule has 0 saturated heterocycles. The van der Waals surface area contributed by atoms with Gasteiger partial charge in [0.25, 0.3) is 0 Å². The molecule has 3 atom stereocenters. The normalized spacial score (nSPS) is 28.5. The van der Waals surface area contributed by atoms with E-state index in [-0.39, 0.29) is 0 Å². The summed E-state index contributed by atoms with van der Waals surface area (Å²) >= 11 is 3.57. The molecule has 0 bridgehead atoms. The van der Waals surface area contributed by atoms with Crippen molar-refractivity contribution in [3.05, 3.63) is 5.51 Å². The summed E-state index contributed by atoms with van der Waals surface area (Å²) in [4.78, 5) is 0. The van der Waals surface area contributed by atoms with Gasteiger partial charge >= 0.3 is 0 Å². The van der Waals surface area contributed by atoms with Gasteiger partial charge in [0.1, 0.15) is 5.51 Å². The van der Waals surface area contributed by atoms with E-state index in [0.29, 0.717) is 16.7 Å². The van der Waals surface area contributed by atoms with Gasteiger partial charge in [0.2, 0.25) is 0 Å². The summed E-state index contributed by atoms with van der Waals surface area (Å²) in [6, 6.07) is 0.609. The van der Waals surface area contributed by atoms with E-state index in [2.05, 4.69) is 43.3 Å². The average Bonchev–Trinajstić information content (AvgIpc) is 2.91. The minimum atomic E-state index is 0.457. The molecule has 0 amide bonds. The third-order valence-corrected chi connectivity index (χ3v) is 6.94. The fraction of sp³-hybridized carbons (Fsp3) is 0.857. The van der Waals surface area contributed by atoms with Gasteiger partial charge < -0.3 is 5.32 Å². The molecule has 1 aliphatic carbocycles. The second-order valence-electron chi connectivity index (χ2n) is 6.11. The highest BCUT2D eigenvalue weighted by molar-refractivity contribution is 8.01. The summed E-state index contributed by atoms with van der Waals surface area (Å²) in [6.45, 7) is 7.16. The van der Waals surface area contributed by atoms with E-state index in [1.165, 1.54) is 25.7 Å². The van der Waals surface area contributed by atoms with Crippen molar-refractivity contribution in [3.63, 3.8) is 0 Å². The number of hydrogen-bond acceptors (Lipinski definition) is 5. The first kappa shape index (κ1) is 15.3. The lowest BCUT2D eigenvalue weighted by atomic mass is 9.68.